The van der Waals surface area contributed by atoms with E-state index in [0.29, 0.717) is 22.3 Å². The zero-order chi connectivity index (χ0) is 15.4. The van der Waals surface area contributed by atoms with E-state index in [1.54, 1.807) is 0 Å². The van der Waals surface area contributed by atoms with Gasteiger partial charge in [0.25, 0.3) is 0 Å². The standard InChI is InChI=1S/C16H21N3OS/c1-11-5-4-6-19(9-11)15(20)10-21-16-14(8-17)12(2)7-13(3)18-16/h7,11H,4-6,9-10H2,1-3H3/t11-/m1/s1. The molecule has 0 saturated carbocycles. The molecule has 1 aliphatic rings. The van der Waals surface area contributed by atoms with Crippen molar-refractivity contribution in [2.45, 2.75) is 38.6 Å². The van der Waals surface area contributed by atoms with Crippen LogP contribution in [0.25, 0.3) is 0 Å². The highest BCUT2D eigenvalue weighted by atomic mass is 32.2. The topological polar surface area (TPSA) is 57.0 Å². The maximum absolute atomic E-state index is 12.3. The van der Waals surface area contributed by atoms with E-state index in [-0.39, 0.29) is 5.91 Å². The Bertz CT molecular complexity index is 580. The van der Waals surface area contributed by atoms with Crippen LogP contribution in [0.4, 0.5) is 0 Å². The molecule has 0 aliphatic carbocycles. The van der Waals surface area contributed by atoms with Gasteiger partial charge in [0.1, 0.15) is 11.1 Å². The lowest BCUT2D eigenvalue weighted by Crippen LogP contribution is -2.40. The van der Waals surface area contributed by atoms with Crippen LogP contribution in [0.2, 0.25) is 0 Å². The number of hydrogen-bond acceptors (Lipinski definition) is 4. The van der Waals surface area contributed by atoms with Crippen LogP contribution in [-0.4, -0.2) is 34.6 Å². The highest BCUT2D eigenvalue weighted by Crippen LogP contribution is 2.24. The van der Waals surface area contributed by atoms with E-state index < -0.39 is 0 Å². The van der Waals surface area contributed by atoms with Crippen LogP contribution in [0.15, 0.2) is 11.1 Å². The summed E-state index contributed by atoms with van der Waals surface area (Å²) in [5.74, 6) is 1.09. The smallest absolute Gasteiger partial charge is 0.232 e. The first kappa shape index (κ1) is 15.8. The first-order chi connectivity index (χ1) is 10.0. The molecule has 1 fully saturated rings. The summed E-state index contributed by atoms with van der Waals surface area (Å²) in [5.41, 5.74) is 2.39. The van der Waals surface area contributed by atoms with E-state index in [4.69, 9.17) is 0 Å². The first-order valence-electron chi connectivity index (χ1n) is 7.30. The molecule has 1 amide bonds. The molecule has 0 N–H and O–H groups in total. The second-order valence-corrected chi connectivity index (χ2v) is 6.71. The van der Waals surface area contributed by atoms with Gasteiger partial charge in [-0.1, -0.05) is 18.7 Å². The summed E-state index contributed by atoms with van der Waals surface area (Å²) in [6.07, 6.45) is 2.29. The minimum Gasteiger partial charge on any atom is -0.342 e. The van der Waals surface area contributed by atoms with Crippen LogP contribution in [0.5, 0.6) is 0 Å². The highest BCUT2D eigenvalue weighted by molar-refractivity contribution is 8.00. The quantitative estimate of drug-likeness (QED) is 0.806. The van der Waals surface area contributed by atoms with Crippen LogP contribution in [0.1, 0.15) is 36.6 Å². The lowest BCUT2D eigenvalue weighted by Gasteiger charge is -2.30. The number of nitrogens with zero attached hydrogens (tertiary/aromatic N) is 3. The summed E-state index contributed by atoms with van der Waals surface area (Å²) in [7, 11) is 0. The number of aromatic nitrogens is 1. The van der Waals surface area contributed by atoms with E-state index in [2.05, 4.69) is 18.0 Å². The molecular weight excluding hydrogens is 282 g/mol. The van der Waals surface area contributed by atoms with Gasteiger partial charge in [-0.25, -0.2) is 4.98 Å². The summed E-state index contributed by atoms with van der Waals surface area (Å²) >= 11 is 1.38. The van der Waals surface area contributed by atoms with Crippen LogP contribution in [-0.2, 0) is 4.79 Å². The highest BCUT2D eigenvalue weighted by Gasteiger charge is 2.21. The van der Waals surface area contributed by atoms with Crippen molar-refractivity contribution < 1.29 is 4.79 Å². The maximum atomic E-state index is 12.3. The monoisotopic (exact) mass is 303 g/mol. The van der Waals surface area contributed by atoms with Crippen molar-refractivity contribution in [1.82, 2.24) is 9.88 Å². The Labute approximate surface area is 130 Å². The van der Waals surface area contributed by atoms with Gasteiger partial charge < -0.3 is 4.90 Å². The fourth-order valence-electron chi connectivity index (χ4n) is 2.68. The van der Waals surface area contributed by atoms with E-state index >= 15 is 0 Å². The number of carbonyl (C=O) groups excluding carboxylic acids is 1. The Morgan fingerprint density at radius 2 is 2.33 bits per heavy atom. The Balaban J connectivity index is 2.03. The summed E-state index contributed by atoms with van der Waals surface area (Å²) in [6, 6.07) is 4.09. The Morgan fingerprint density at radius 1 is 1.57 bits per heavy atom. The number of aryl methyl sites for hydroxylation is 2. The van der Waals surface area contributed by atoms with Gasteiger partial charge in [-0.2, -0.15) is 5.26 Å². The van der Waals surface area contributed by atoms with Crippen molar-refractivity contribution in [3.05, 3.63) is 22.9 Å². The summed E-state index contributed by atoms with van der Waals surface area (Å²) in [6.45, 7) is 7.71. The van der Waals surface area contributed by atoms with Gasteiger partial charge in [-0.05, 0) is 44.2 Å². The molecule has 2 rings (SSSR count). The zero-order valence-electron chi connectivity index (χ0n) is 12.8. The van der Waals surface area contributed by atoms with Crippen molar-refractivity contribution in [3.63, 3.8) is 0 Å². The Hall–Kier alpha value is -1.54. The number of nitriles is 1. The third-order valence-electron chi connectivity index (χ3n) is 3.77. The van der Waals surface area contributed by atoms with Crippen molar-refractivity contribution in [2.75, 3.05) is 18.8 Å². The molecule has 5 heteroatoms. The van der Waals surface area contributed by atoms with Crippen LogP contribution in [0.3, 0.4) is 0 Å². The number of piperidine rings is 1. The predicted molar refractivity (Wildman–Crippen MR) is 84.1 cm³/mol. The van der Waals surface area contributed by atoms with Gasteiger partial charge in [-0.3, -0.25) is 4.79 Å². The number of amides is 1. The number of thioether (sulfide) groups is 1. The zero-order valence-corrected chi connectivity index (χ0v) is 13.7. The predicted octanol–water partition coefficient (Wildman–Crippen LogP) is 2.92. The molecule has 2 heterocycles. The SMILES string of the molecule is Cc1cc(C)c(C#N)c(SCC(=O)N2CCC[C@@H](C)C2)n1. The lowest BCUT2D eigenvalue weighted by molar-refractivity contribution is -0.130. The third-order valence-corrected chi connectivity index (χ3v) is 4.73. The maximum Gasteiger partial charge on any atom is 0.232 e. The number of pyridine rings is 1. The van der Waals surface area contributed by atoms with Gasteiger partial charge in [0.05, 0.1) is 11.3 Å². The molecule has 4 nitrogen and oxygen atoms in total. The molecule has 1 atom stereocenters. The van der Waals surface area contributed by atoms with Gasteiger partial charge in [-0.15, -0.1) is 0 Å². The van der Waals surface area contributed by atoms with Gasteiger partial charge >= 0.3 is 0 Å². The molecule has 0 spiro atoms. The summed E-state index contributed by atoms with van der Waals surface area (Å²) in [5, 5.41) is 9.91. The summed E-state index contributed by atoms with van der Waals surface area (Å²) < 4.78 is 0. The second-order valence-electron chi connectivity index (χ2n) is 5.75. The number of rotatable bonds is 3. The molecule has 0 bridgehead atoms. The minimum atomic E-state index is 0.149. The van der Waals surface area contributed by atoms with Crippen LogP contribution < -0.4 is 0 Å². The molecule has 0 unspecified atom stereocenters. The van der Waals surface area contributed by atoms with Crippen LogP contribution in [0, 0.1) is 31.1 Å². The molecule has 1 aromatic rings. The second kappa shape index (κ2) is 6.95. The molecular formula is C16H21N3OS. The Kier molecular flexibility index (Phi) is 5.24. The average Bonchev–Trinajstić information content (AvgIpc) is 2.44. The molecule has 1 aliphatic heterocycles. The normalized spacial score (nSPS) is 18.4. The lowest BCUT2D eigenvalue weighted by atomic mass is 10.0. The fourth-order valence-corrected chi connectivity index (χ4v) is 3.68. The van der Waals surface area contributed by atoms with Gasteiger partial charge in [0, 0.05) is 18.8 Å². The van der Waals surface area contributed by atoms with Gasteiger partial charge in [0.2, 0.25) is 5.91 Å². The summed E-state index contributed by atoms with van der Waals surface area (Å²) in [4.78, 5) is 18.6. The fraction of sp³-hybridized carbons (Fsp3) is 0.562. The molecule has 112 valence electrons. The third kappa shape index (κ3) is 3.98. The van der Waals surface area contributed by atoms with Gasteiger partial charge in [0.15, 0.2) is 0 Å². The molecule has 21 heavy (non-hydrogen) atoms. The number of likely N-dealkylation sites (tertiary alicyclic amines) is 1. The van der Waals surface area contributed by atoms with Crippen molar-refractivity contribution >= 4 is 17.7 Å². The molecule has 1 aromatic heterocycles. The number of carbonyl (C=O) groups is 1. The van der Waals surface area contributed by atoms with Crippen molar-refractivity contribution in [2.24, 2.45) is 5.92 Å². The minimum absolute atomic E-state index is 0.149. The molecule has 1 saturated heterocycles. The Morgan fingerprint density at radius 3 is 3.00 bits per heavy atom. The van der Waals surface area contributed by atoms with E-state index in [1.165, 1.54) is 18.2 Å². The van der Waals surface area contributed by atoms with Crippen molar-refractivity contribution in [3.8, 4) is 6.07 Å². The van der Waals surface area contributed by atoms with E-state index in [1.807, 2.05) is 24.8 Å². The van der Waals surface area contributed by atoms with Crippen molar-refractivity contribution in [1.29, 1.82) is 5.26 Å². The molecule has 0 radical (unpaired) electrons. The van der Waals surface area contributed by atoms with Crippen LogP contribution >= 0.6 is 11.8 Å². The molecule has 0 aromatic carbocycles. The first-order valence-corrected chi connectivity index (χ1v) is 8.28. The van der Waals surface area contributed by atoms with E-state index in [9.17, 15) is 10.1 Å². The average molecular weight is 303 g/mol. The van der Waals surface area contributed by atoms with E-state index in [0.717, 1.165) is 30.8 Å². The largest absolute Gasteiger partial charge is 0.342 e. The number of hydrogen-bond donors (Lipinski definition) is 0.